The Kier molecular flexibility index (Phi) is 3.18. The predicted octanol–water partition coefficient (Wildman–Crippen LogP) is 2.25. The van der Waals surface area contributed by atoms with Crippen LogP contribution in [-0.2, 0) is 0 Å². The molecule has 1 aliphatic heterocycles. The van der Waals surface area contributed by atoms with Crippen LogP contribution in [0.25, 0.3) is 10.2 Å². The number of rotatable bonds is 2. The molecule has 3 heterocycles. The van der Waals surface area contributed by atoms with Gasteiger partial charge in [-0.25, -0.2) is 9.97 Å². The Morgan fingerprint density at radius 3 is 3.22 bits per heavy atom. The van der Waals surface area contributed by atoms with Crippen LogP contribution < -0.4 is 10.6 Å². The zero-order chi connectivity index (χ0) is 12.5. The van der Waals surface area contributed by atoms with E-state index in [0.717, 1.165) is 17.9 Å². The van der Waals surface area contributed by atoms with E-state index in [1.165, 1.54) is 17.5 Å². The maximum absolute atomic E-state index is 5.96. The standard InChI is InChI=1S/C13H18N4S/c1-9-3-2-5-17(11(9)7-14)13-12-10(4-6-18-12)15-8-16-13/h4,6,8-9,11H,2-3,5,7,14H2,1H3. The summed E-state index contributed by atoms with van der Waals surface area (Å²) in [6.45, 7) is 4.03. The van der Waals surface area contributed by atoms with Crippen LogP contribution in [0.15, 0.2) is 17.8 Å². The highest BCUT2D eigenvalue weighted by Gasteiger charge is 2.29. The van der Waals surface area contributed by atoms with Crippen LogP contribution in [0.1, 0.15) is 19.8 Å². The number of nitrogens with two attached hydrogens (primary N) is 1. The van der Waals surface area contributed by atoms with Crippen molar-refractivity contribution >= 4 is 27.4 Å². The molecule has 0 bridgehead atoms. The van der Waals surface area contributed by atoms with Crippen LogP contribution in [-0.4, -0.2) is 29.1 Å². The van der Waals surface area contributed by atoms with Gasteiger partial charge in [-0.15, -0.1) is 11.3 Å². The fourth-order valence-corrected chi connectivity index (χ4v) is 3.70. The molecule has 0 aromatic carbocycles. The second-order valence-corrected chi connectivity index (χ2v) is 5.86. The van der Waals surface area contributed by atoms with Crippen LogP contribution in [0, 0.1) is 5.92 Å². The number of hydrogen-bond donors (Lipinski definition) is 1. The van der Waals surface area contributed by atoms with Gasteiger partial charge in [-0.2, -0.15) is 0 Å². The van der Waals surface area contributed by atoms with Crippen LogP contribution in [0.3, 0.4) is 0 Å². The number of hydrogen-bond acceptors (Lipinski definition) is 5. The summed E-state index contributed by atoms with van der Waals surface area (Å²) in [6.07, 6.45) is 4.14. The molecule has 2 aromatic rings. The van der Waals surface area contributed by atoms with Gasteiger partial charge in [-0.05, 0) is 30.2 Å². The third kappa shape index (κ3) is 1.87. The van der Waals surface area contributed by atoms with E-state index in [2.05, 4.69) is 33.2 Å². The summed E-state index contributed by atoms with van der Waals surface area (Å²) in [5.74, 6) is 1.70. The molecule has 0 radical (unpaired) electrons. The lowest BCUT2D eigenvalue weighted by Crippen LogP contribution is -2.49. The lowest BCUT2D eigenvalue weighted by Gasteiger charge is -2.40. The molecule has 2 aromatic heterocycles. The first-order chi connectivity index (χ1) is 8.81. The maximum atomic E-state index is 5.96. The second-order valence-electron chi connectivity index (χ2n) is 4.95. The summed E-state index contributed by atoms with van der Waals surface area (Å²) in [7, 11) is 0. The Morgan fingerprint density at radius 1 is 1.50 bits per heavy atom. The molecule has 0 amide bonds. The van der Waals surface area contributed by atoms with Gasteiger partial charge in [0, 0.05) is 19.1 Å². The molecule has 4 nitrogen and oxygen atoms in total. The van der Waals surface area contributed by atoms with Gasteiger partial charge in [0.1, 0.15) is 12.1 Å². The molecule has 0 spiro atoms. The van der Waals surface area contributed by atoms with E-state index < -0.39 is 0 Å². The highest BCUT2D eigenvalue weighted by atomic mass is 32.1. The number of anilines is 1. The van der Waals surface area contributed by atoms with Gasteiger partial charge >= 0.3 is 0 Å². The number of fused-ring (bicyclic) bond motifs is 1. The number of thiophene rings is 1. The summed E-state index contributed by atoms with van der Waals surface area (Å²) < 4.78 is 1.19. The Bertz CT molecular complexity index is 539. The second kappa shape index (κ2) is 4.82. The smallest absolute Gasteiger partial charge is 0.150 e. The van der Waals surface area contributed by atoms with Gasteiger partial charge in [0.2, 0.25) is 0 Å². The highest BCUT2D eigenvalue weighted by Crippen LogP contribution is 2.33. The molecule has 2 atom stereocenters. The lowest BCUT2D eigenvalue weighted by molar-refractivity contribution is 0.348. The predicted molar refractivity (Wildman–Crippen MR) is 76.0 cm³/mol. The Hall–Kier alpha value is -1.20. The largest absolute Gasteiger partial charge is 0.351 e. The van der Waals surface area contributed by atoms with Crippen molar-refractivity contribution in [3.8, 4) is 0 Å². The molecule has 1 fully saturated rings. The van der Waals surface area contributed by atoms with Gasteiger partial charge in [0.25, 0.3) is 0 Å². The molecule has 2 N–H and O–H groups in total. The van der Waals surface area contributed by atoms with E-state index in [9.17, 15) is 0 Å². The fourth-order valence-electron chi connectivity index (χ4n) is 2.85. The van der Waals surface area contributed by atoms with Crippen molar-refractivity contribution in [2.45, 2.75) is 25.8 Å². The zero-order valence-electron chi connectivity index (χ0n) is 10.5. The molecule has 2 unspecified atom stereocenters. The Labute approximate surface area is 111 Å². The first kappa shape index (κ1) is 11.9. The lowest BCUT2D eigenvalue weighted by atomic mass is 9.91. The third-order valence-corrected chi connectivity index (χ3v) is 4.75. The van der Waals surface area contributed by atoms with Crippen molar-refractivity contribution in [2.75, 3.05) is 18.0 Å². The molecule has 1 saturated heterocycles. The zero-order valence-corrected chi connectivity index (χ0v) is 11.4. The fraction of sp³-hybridized carbons (Fsp3) is 0.538. The maximum Gasteiger partial charge on any atom is 0.150 e. The first-order valence-electron chi connectivity index (χ1n) is 6.46. The average Bonchev–Trinajstić information content (AvgIpc) is 2.86. The van der Waals surface area contributed by atoms with Crippen molar-refractivity contribution in [3.05, 3.63) is 17.8 Å². The normalized spacial score (nSPS) is 24.7. The minimum Gasteiger partial charge on any atom is -0.351 e. The van der Waals surface area contributed by atoms with Crippen molar-refractivity contribution < 1.29 is 0 Å². The molecule has 0 saturated carbocycles. The van der Waals surface area contributed by atoms with Crippen molar-refractivity contribution in [1.82, 2.24) is 9.97 Å². The molecule has 1 aliphatic rings. The monoisotopic (exact) mass is 262 g/mol. The van der Waals surface area contributed by atoms with Crippen molar-refractivity contribution in [1.29, 1.82) is 0 Å². The Balaban J connectivity index is 2.04. The van der Waals surface area contributed by atoms with Gasteiger partial charge in [-0.1, -0.05) is 6.92 Å². The molecule has 18 heavy (non-hydrogen) atoms. The average molecular weight is 262 g/mol. The highest BCUT2D eigenvalue weighted by molar-refractivity contribution is 7.17. The van der Waals surface area contributed by atoms with Crippen LogP contribution in [0.5, 0.6) is 0 Å². The molecular formula is C13H18N4S. The van der Waals surface area contributed by atoms with Crippen molar-refractivity contribution in [2.24, 2.45) is 11.7 Å². The molecule has 96 valence electrons. The third-order valence-electron chi connectivity index (χ3n) is 3.85. The van der Waals surface area contributed by atoms with Gasteiger partial charge in [0.05, 0.1) is 10.2 Å². The van der Waals surface area contributed by atoms with Crippen LogP contribution in [0.2, 0.25) is 0 Å². The topological polar surface area (TPSA) is 55.0 Å². The minimum absolute atomic E-state index is 0.402. The van der Waals surface area contributed by atoms with E-state index in [0.29, 0.717) is 18.5 Å². The van der Waals surface area contributed by atoms with E-state index in [-0.39, 0.29) is 0 Å². The van der Waals surface area contributed by atoms with Crippen molar-refractivity contribution in [3.63, 3.8) is 0 Å². The van der Waals surface area contributed by atoms with E-state index >= 15 is 0 Å². The number of piperidine rings is 1. The van der Waals surface area contributed by atoms with E-state index in [1.807, 2.05) is 0 Å². The quantitative estimate of drug-likeness (QED) is 0.902. The molecule has 0 aliphatic carbocycles. The molecule has 5 heteroatoms. The number of aromatic nitrogens is 2. The SMILES string of the molecule is CC1CCCN(c2ncnc3ccsc23)C1CN. The number of nitrogens with zero attached hydrogens (tertiary/aromatic N) is 3. The molecular weight excluding hydrogens is 244 g/mol. The summed E-state index contributed by atoms with van der Waals surface area (Å²) in [6, 6.07) is 2.45. The van der Waals surface area contributed by atoms with E-state index in [1.54, 1.807) is 17.7 Å². The van der Waals surface area contributed by atoms with Gasteiger partial charge in [0.15, 0.2) is 0 Å². The van der Waals surface area contributed by atoms with E-state index in [4.69, 9.17) is 5.73 Å². The first-order valence-corrected chi connectivity index (χ1v) is 7.34. The van der Waals surface area contributed by atoms with Crippen LogP contribution in [0.4, 0.5) is 5.82 Å². The summed E-state index contributed by atoms with van der Waals surface area (Å²) in [5, 5.41) is 2.08. The van der Waals surface area contributed by atoms with Crippen LogP contribution >= 0.6 is 11.3 Å². The Morgan fingerprint density at radius 2 is 2.39 bits per heavy atom. The minimum atomic E-state index is 0.402. The summed E-state index contributed by atoms with van der Waals surface area (Å²) in [4.78, 5) is 11.2. The summed E-state index contributed by atoms with van der Waals surface area (Å²) in [5.41, 5.74) is 7.00. The van der Waals surface area contributed by atoms with Gasteiger partial charge in [-0.3, -0.25) is 0 Å². The van der Waals surface area contributed by atoms with Gasteiger partial charge < -0.3 is 10.6 Å². The molecule has 3 rings (SSSR count). The summed E-state index contributed by atoms with van der Waals surface area (Å²) >= 11 is 1.71.